The van der Waals surface area contributed by atoms with Crippen LogP contribution in [-0.2, 0) is 10.0 Å². The number of hydrogen-bond donors (Lipinski definition) is 0. The molecule has 0 fully saturated rings. The maximum atomic E-state index is 12.8. The second kappa shape index (κ2) is 7.44. The molecule has 0 saturated carbocycles. The van der Waals surface area contributed by atoms with Crippen LogP contribution in [0.25, 0.3) is 0 Å². The zero-order chi connectivity index (χ0) is 17.7. The summed E-state index contributed by atoms with van der Waals surface area (Å²) in [6, 6.07) is 11.4. The summed E-state index contributed by atoms with van der Waals surface area (Å²) in [7, 11) is 0.745. The molecule has 0 atom stereocenters. The van der Waals surface area contributed by atoms with Crippen LogP contribution in [0.2, 0.25) is 0 Å². The molecule has 7 heteroatoms. The van der Waals surface area contributed by atoms with Gasteiger partial charge in [0.15, 0.2) is 11.5 Å². The van der Waals surface area contributed by atoms with E-state index in [1.807, 2.05) is 6.92 Å². The van der Waals surface area contributed by atoms with E-state index < -0.39 is 10.0 Å². The monoisotopic (exact) mass is 351 g/mol. The second-order valence-corrected chi connectivity index (χ2v) is 6.89. The molecule has 0 aliphatic heterocycles. The molecule has 2 rings (SSSR count). The van der Waals surface area contributed by atoms with Crippen LogP contribution in [-0.4, -0.2) is 36.3 Å². The first-order valence-electron chi connectivity index (χ1n) is 7.37. The largest absolute Gasteiger partial charge is 0.494 e. The number of anilines is 1. The lowest BCUT2D eigenvalue weighted by Crippen LogP contribution is -2.26. The first kappa shape index (κ1) is 17.9. The third-order valence-electron chi connectivity index (χ3n) is 3.52. The van der Waals surface area contributed by atoms with Gasteiger partial charge in [-0.25, -0.2) is 8.42 Å². The van der Waals surface area contributed by atoms with Crippen LogP contribution in [0.5, 0.6) is 17.2 Å². The predicted molar refractivity (Wildman–Crippen MR) is 92.7 cm³/mol. The summed E-state index contributed by atoms with van der Waals surface area (Å²) in [4.78, 5) is 0.122. The molecule has 0 aliphatic carbocycles. The van der Waals surface area contributed by atoms with Crippen molar-refractivity contribution < 1.29 is 22.6 Å². The van der Waals surface area contributed by atoms with Gasteiger partial charge >= 0.3 is 0 Å². The van der Waals surface area contributed by atoms with Gasteiger partial charge in [0.1, 0.15) is 5.75 Å². The Bertz CT molecular complexity index is 787. The first-order valence-corrected chi connectivity index (χ1v) is 8.81. The molecule has 0 aliphatic rings. The van der Waals surface area contributed by atoms with Gasteiger partial charge in [-0.3, -0.25) is 4.31 Å². The molecule has 2 aromatic carbocycles. The molecule has 6 nitrogen and oxygen atoms in total. The number of benzene rings is 2. The van der Waals surface area contributed by atoms with E-state index in [1.54, 1.807) is 30.3 Å². The van der Waals surface area contributed by atoms with Crippen LogP contribution in [0.3, 0.4) is 0 Å². The Hall–Kier alpha value is -2.41. The molecule has 0 unspecified atom stereocenters. The molecule has 0 N–H and O–H groups in total. The smallest absolute Gasteiger partial charge is 0.264 e. The molecule has 0 aromatic heterocycles. The molecular weight excluding hydrogens is 330 g/mol. The van der Waals surface area contributed by atoms with Gasteiger partial charge in [-0.1, -0.05) is 0 Å². The van der Waals surface area contributed by atoms with Crippen molar-refractivity contribution in [1.82, 2.24) is 0 Å². The van der Waals surface area contributed by atoms with E-state index >= 15 is 0 Å². The summed E-state index contributed by atoms with van der Waals surface area (Å²) in [5.41, 5.74) is 0.535. The highest BCUT2D eigenvalue weighted by atomic mass is 32.2. The SMILES string of the molecule is CCOc1ccc(N(C)S(=O)(=O)c2ccc(OC)c(OC)c2)cc1. The molecule has 24 heavy (non-hydrogen) atoms. The highest BCUT2D eigenvalue weighted by molar-refractivity contribution is 7.92. The number of methoxy groups -OCH3 is 2. The fourth-order valence-electron chi connectivity index (χ4n) is 2.19. The number of ether oxygens (including phenoxy) is 3. The van der Waals surface area contributed by atoms with Crippen molar-refractivity contribution >= 4 is 15.7 Å². The lowest BCUT2D eigenvalue weighted by molar-refractivity contribution is 0.340. The number of sulfonamides is 1. The van der Waals surface area contributed by atoms with Crippen molar-refractivity contribution in [3.63, 3.8) is 0 Å². The van der Waals surface area contributed by atoms with Crippen molar-refractivity contribution in [1.29, 1.82) is 0 Å². The average Bonchev–Trinajstić information content (AvgIpc) is 2.61. The molecular formula is C17H21NO5S. The summed E-state index contributed by atoms with van der Waals surface area (Å²) in [5.74, 6) is 1.53. The molecule has 0 radical (unpaired) electrons. The van der Waals surface area contributed by atoms with Crippen LogP contribution >= 0.6 is 0 Å². The Morgan fingerprint density at radius 2 is 1.58 bits per heavy atom. The van der Waals surface area contributed by atoms with Crippen molar-refractivity contribution in [2.75, 3.05) is 32.2 Å². The molecule has 0 bridgehead atoms. The predicted octanol–water partition coefficient (Wildman–Crippen LogP) is 2.93. The van der Waals surface area contributed by atoms with Gasteiger partial charge in [0.05, 0.1) is 31.4 Å². The maximum Gasteiger partial charge on any atom is 0.264 e. The van der Waals surface area contributed by atoms with E-state index in [2.05, 4.69) is 0 Å². The molecule has 130 valence electrons. The lowest BCUT2D eigenvalue weighted by atomic mass is 10.3. The average molecular weight is 351 g/mol. The minimum absolute atomic E-state index is 0.122. The highest BCUT2D eigenvalue weighted by Crippen LogP contribution is 2.31. The van der Waals surface area contributed by atoms with Crippen molar-refractivity contribution in [2.24, 2.45) is 0 Å². The van der Waals surface area contributed by atoms with Gasteiger partial charge in [-0.2, -0.15) is 0 Å². The zero-order valence-electron chi connectivity index (χ0n) is 14.1. The summed E-state index contributed by atoms with van der Waals surface area (Å²) in [6.45, 7) is 2.45. The van der Waals surface area contributed by atoms with Gasteiger partial charge in [0.25, 0.3) is 10.0 Å². The summed E-state index contributed by atoms with van der Waals surface area (Å²) < 4.78 is 42.5. The maximum absolute atomic E-state index is 12.8. The standard InChI is InChI=1S/C17H21NO5S/c1-5-23-14-8-6-13(7-9-14)18(2)24(19,20)15-10-11-16(21-3)17(12-15)22-4/h6-12H,5H2,1-4H3. The third kappa shape index (κ3) is 3.56. The van der Waals surface area contributed by atoms with Gasteiger partial charge in [-0.05, 0) is 43.3 Å². The lowest BCUT2D eigenvalue weighted by Gasteiger charge is -2.20. The Labute approximate surface area is 142 Å². The Morgan fingerprint density at radius 1 is 0.958 bits per heavy atom. The van der Waals surface area contributed by atoms with Gasteiger partial charge in [0.2, 0.25) is 0 Å². The van der Waals surface area contributed by atoms with Crippen LogP contribution in [0.4, 0.5) is 5.69 Å². The summed E-state index contributed by atoms with van der Waals surface area (Å²) in [5, 5.41) is 0. The number of rotatable bonds is 7. The summed E-state index contributed by atoms with van der Waals surface area (Å²) >= 11 is 0. The van der Waals surface area contributed by atoms with Crippen molar-refractivity contribution in [3.8, 4) is 17.2 Å². The fourth-order valence-corrected chi connectivity index (χ4v) is 3.40. The van der Waals surface area contributed by atoms with E-state index in [9.17, 15) is 8.42 Å². The van der Waals surface area contributed by atoms with Gasteiger partial charge in [0, 0.05) is 13.1 Å². The van der Waals surface area contributed by atoms with Crippen LogP contribution < -0.4 is 18.5 Å². The normalized spacial score (nSPS) is 11.0. The van der Waals surface area contributed by atoms with Crippen molar-refractivity contribution in [2.45, 2.75) is 11.8 Å². The number of hydrogen-bond acceptors (Lipinski definition) is 5. The van der Waals surface area contributed by atoms with E-state index in [0.717, 1.165) is 0 Å². The topological polar surface area (TPSA) is 65.1 Å². The fraction of sp³-hybridized carbons (Fsp3) is 0.294. The van der Waals surface area contributed by atoms with E-state index in [0.29, 0.717) is 29.5 Å². The van der Waals surface area contributed by atoms with Crippen LogP contribution in [0.1, 0.15) is 6.92 Å². The Balaban J connectivity index is 2.35. The Morgan fingerprint density at radius 3 is 2.12 bits per heavy atom. The molecule has 0 heterocycles. The molecule has 0 spiro atoms. The van der Waals surface area contributed by atoms with Crippen molar-refractivity contribution in [3.05, 3.63) is 42.5 Å². The highest BCUT2D eigenvalue weighted by Gasteiger charge is 2.23. The third-order valence-corrected chi connectivity index (χ3v) is 5.31. The van der Waals surface area contributed by atoms with Gasteiger partial charge in [-0.15, -0.1) is 0 Å². The minimum atomic E-state index is -3.72. The van der Waals surface area contributed by atoms with E-state index in [4.69, 9.17) is 14.2 Å². The quantitative estimate of drug-likeness (QED) is 0.767. The number of nitrogens with zero attached hydrogens (tertiary/aromatic N) is 1. The van der Waals surface area contributed by atoms with Crippen LogP contribution in [0, 0.1) is 0 Å². The first-order chi connectivity index (χ1) is 11.4. The van der Waals surface area contributed by atoms with Gasteiger partial charge < -0.3 is 14.2 Å². The molecule has 2 aromatic rings. The molecule has 0 saturated heterocycles. The summed E-state index contributed by atoms with van der Waals surface area (Å²) in [6.07, 6.45) is 0. The van der Waals surface area contributed by atoms with E-state index in [-0.39, 0.29) is 4.90 Å². The van der Waals surface area contributed by atoms with Crippen LogP contribution in [0.15, 0.2) is 47.4 Å². The van der Waals surface area contributed by atoms with E-state index in [1.165, 1.54) is 37.7 Å². The second-order valence-electron chi connectivity index (χ2n) is 4.92. The minimum Gasteiger partial charge on any atom is -0.494 e. The Kier molecular flexibility index (Phi) is 5.56. The zero-order valence-corrected chi connectivity index (χ0v) is 15.0. The molecule has 0 amide bonds.